The van der Waals surface area contributed by atoms with Gasteiger partial charge in [-0.1, -0.05) is 176 Å². The van der Waals surface area contributed by atoms with Crippen molar-refractivity contribution < 1.29 is 53.8 Å². The van der Waals surface area contributed by atoms with Crippen LogP contribution in [0.3, 0.4) is 0 Å². The predicted molar refractivity (Wildman–Crippen MR) is 491 cm³/mol. The zero-order valence-corrected chi connectivity index (χ0v) is 71.9. The first-order chi connectivity index (χ1) is 62.3. The van der Waals surface area contributed by atoms with Gasteiger partial charge >= 0.3 is 24.2 Å². The van der Waals surface area contributed by atoms with E-state index < -0.39 is 12.2 Å². The van der Waals surface area contributed by atoms with Gasteiger partial charge in [0.2, 0.25) is 30.8 Å². The summed E-state index contributed by atoms with van der Waals surface area (Å²) < 4.78 is 23.0. The quantitative estimate of drug-likeness (QED) is 0.0189. The Balaban J connectivity index is 0.000000150. The maximum atomic E-state index is 13.1. The number of benzene rings is 8. The van der Waals surface area contributed by atoms with Crippen LogP contribution in [-0.4, -0.2) is 239 Å². The van der Waals surface area contributed by atoms with Gasteiger partial charge in [0.25, 0.3) is 0 Å². The molecule has 0 radical (unpaired) electrons. The lowest BCUT2D eigenvalue weighted by Gasteiger charge is -2.41. The van der Waals surface area contributed by atoms with Gasteiger partial charge in [0.15, 0.2) is 0 Å². The van der Waals surface area contributed by atoms with Crippen LogP contribution in [0.4, 0.5) is 44.1 Å². The molecule has 3 unspecified atom stereocenters. The SMILES string of the molecule is OCCCO.[C-]#[N+]CC1CN(c2nc(Cl)nc3c2CCN(c2cccc4ccccc24)C3)CCN1C(=O)OCc1ccccc1.[C-]#[N+]CC1CN(c2nc(OCCCO)nc3c2CCN(c2cccc4ccccc24)C3)CCN1C(=O)C=C.[C-]#[N+]CC1CN(c2nc(OCCCO)nc3c2CCN(c2cccc4ccccc24)C3)CCN1C(=O)OCc1ccccc1. The molecule has 11 aromatic rings. The first-order valence-electron chi connectivity index (χ1n) is 43.1. The van der Waals surface area contributed by atoms with Crippen molar-refractivity contribution in [1.82, 2.24) is 44.6 Å². The predicted octanol–water partition coefficient (Wildman–Crippen LogP) is 12.7. The van der Waals surface area contributed by atoms with E-state index in [2.05, 4.69) is 188 Å². The molecule has 656 valence electrons. The largest absolute Gasteiger partial charge is 0.463 e. The number of ether oxygens (including phenoxy) is 4. The third kappa shape index (κ3) is 22.3. The summed E-state index contributed by atoms with van der Waals surface area (Å²) in [4.78, 5) is 96.5. The van der Waals surface area contributed by atoms with Crippen molar-refractivity contribution in [3.8, 4) is 12.0 Å². The van der Waals surface area contributed by atoms with Gasteiger partial charge in [-0.15, -0.1) is 0 Å². The maximum absolute atomic E-state index is 13.1. The molecule has 9 heterocycles. The molecule has 3 saturated heterocycles. The topological polar surface area (TPSA) is 289 Å². The van der Waals surface area contributed by atoms with Crippen molar-refractivity contribution in [3.63, 3.8) is 0 Å². The van der Waals surface area contributed by atoms with E-state index in [-0.39, 0.29) is 94.6 Å². The molecule has 30 heteroatoms. The molecular weight excluding hydrogens is 1630 g/mol. The Hall–Kier alpha value is -13.5. The Morgan fingerprint density at radius 3 is 1.10 bits per heavy atom. The minimum Gasteiger partial charge on any atom is -0.463 e. The standard InChI is InChI=1S/C34H36N6O4.C31H29ClN6O2.C29H32N6O3.C3H8O2/c1-35-21-27-22-39(17-18-40(27)34(42)44-24-25-9-3-2-4-10-25)32-29-15-16-38(23-30(29)36-33(37-32)43-20-8-19-41)31-14-7-12-26-11-5-6-13-28(26)31;1-33-18-24-19-37(16-17-38(24)31(39)40-21-22-8-3-2-4-9-22)29-26-14-15-36(20-27(26)34-30(32)35-29)28-13-7-11-23-10-5-6-12-25(23)28;1-3-27(37)35-15-14-34(19-22(35)18-30-2)28-24-12-13-33(20-25(24)31-29(32-28)38-17-7-16-36)26-11-6-9-21-8-4-5-10-23(21)26;4-2-1-3-5/h2-7,9-14,27,41H,8,15-24H2;2-13,24H,14-21H2;3-6,8-11,22,36H,1,7,12-20H2;4-5H,1-3H2. The lowest BCUT2D eigenvalue weighted by molar-refractivity contribution is -0.128. The second-order valence-corrected chi connectivity index (χ2v) is 31.8. The molecule has 17 rings (SSSR count). The second kappa shape index (κ2) is 44.4. The van der Waals surface area contributed by atoms with E-state index in [0.717, 1.165) is 107 Å². The van der Waals surface area contributed by atoms with Crippen molar-refractivity contribution in [3.05, 3.63) is 285 Å². The summed E-state index contributed by atoms with van der Waals surface area (Å²) in [5.41, 5.74) is 11.3. The molecule has 29 nitrogen and oxygen atoms in total. The summed E-state index contributed by atoms with van der Waals surface area (Å²) >= 11 is 6.47. The van der Waals surface area contributed by atoms with Gasteiger partial charge in [-0.3, -0.25) is 14.6 Å². The number of carbonyl (C=O) groups is 3. The van der Waals surface area contributed by atoms with E-state index in [1.807, 2.05) is 60.7 Å². The number of piperazine rings is 3. The fourth-order valence-electron chi connectivity index (χ4n) is 17.1. The van der Waals surface area contributed by atoms with Crippen LogP contribution in [0, 0.1) is 19.7 Å². The third-order valence-electron chi connectivity index (χ3n) is 23.4. The summed E-state index contributed by atoms with van der Waals surface area (Å²) in [6.07, 6.45) is 4.27. The average molecular weight is 1730 g/mol. The van der Waals surface area contributed by atoms with Gasteiger partial charge in [0, 0.05) is 168 Å². The number of aliphatic hydroxyl groups is 4. The van der Waals surface area contributed by atoms with Crippen LogP contribution in [0.5, 0.6) is 12.0 Å². The van der Waals surface area contributed by atoms with Gasteiger partial charge in [0.1, 0.15) is 48.8 Å². The molecular formula is C97H105ClN18O11. The highest BCUT2D eigenvalue weighted by Gasteiger charge is 2.40. The molecule has 3 amide bonds. The Bertz CT molecular complexity index is 5730. The van der Waals surface area contributed by atoms with E-state index in [1.54, 1.807) is 14.7 Å². The monoisotopic (exact) mass is 1730 g/mol. The number of hydrogen-bond donors (Lipinski definition) is 4. The Kier molecular flexibility index (Phi) is 31.4. The first-order valence-corrected chi connectivity index (χ1v) is 43.5. The molecule has 6 aliphatic heterocycles. The van der Waals surface area contributed by atoms with E-state index >= 15 is 0 Å². The third-order valence-corrected chi connectivity index (χ3v) is 23.5. The highest BCUT2D eigenvalue weighted by Crippen LogP contribution is 2.40. The molecule has 3 atom stereocenters. The van der Waals surface area contributed by atoms with E-state index in [0.29, 0.717) is 117 Å². The van der Waals surface area contributed by atoms with Gasteiger partial charge < -0.3 is 88.2 Å². The normalized spacial score (nSPS) is 16.5. The van der Waals surface area contributed by atoms with Gasteiger partial charge in [-0.2, -0.15) is 19.9 Å². The first kappa shape index (κ1) is 89.8. The second-order valence-electron chi connectivity index (χ2n) is 31.4. The number of carbonyl (C=O) groups excluding carboxylic acids is 3. The molecule has 6 aliphatic rings. The summed E-state index contributed by atoms with van der Waals surface area (Å²) in [6, 6.07) is 63.1. The fraction of sp³-hybridized carbons (Fsp3) is 0.361. The van der Waals surface area contributed by atoms with Crippen LogP contribution in [-0.2, 0) is 66.4 Å². The summed E-state index contributed by atoms with van der Waals surface area (Å²) in [7, 11) is 0. The molecule has 3 aromatic heterocycles. The van der Waals surface area contributed by atoms with E-state index in [1.165, 1.54) is 49.8 Å². The van der Waals surface area contributed by atoms with Crippen molar-refractivity contribution >= 4 is 96.5 Å². The number of rotatable bonds is 24. The van der Waals surface area contributed by atoms with Crippen LogP contribution in [0.25, 0.3) is 46.9 Å². The lowest BCUT2D eigenvalue weighted by atomic mass is 10.0. The van der Waals surface area contributed by atoms with Crippen molar-refractivity contribution in [2.24, 2.45) is 0 Å². The van der Waals surface area contributed by atoms with Crippen molar-refractivity contribution in [1.29, 1.82) is 0 Å². The molecule has 0 aliphatic carbocycles. The molecule has 4 N–H and O–H groups in total. The van der Waals surface area contributed by atoms with Crippen LogP contribution in [0.2, 0.25) is 5.28 Å². The zero-order chi connectivity index (χ0) is 88.4. The highest BCUT2D eigenvalue weighted by molar-refractivity contribution is 6.28. The lowest BCUT2D eigenvalue weighted by Crippen LogP contribution is -2.57. The van der Waals surface area contributed by atoms with Crippen molar-refractivity contribution in [2.45, 2.75) is 89.5 Å². The Labute approximate surface area is 744 Å². The van der Waals surface area contributed by atoms with Gasteiger partial charge in [0.05, 0.1) is 49.9 Å². The average Bonchev–Trinajstić information content (AvgIpc) is 0.775. The number of anilines is 6. The van der Waals surface area contributed by atoms with E-state index in [4.69, 9.17) is 80.4 Å². The van der Waals surface area contributed by atoms with Gasteiger partial charge in [-0.05, 0) is 88.8 Å². The highest BCUT2D eigenvalue weighted by atomic mass is 35.5. The number of halogens is 1. The number of amides is 3. The van der Waals surface area contributed by atoms with Crippen molar-refractivity contribution in [2.75, 3.05) is 167 Å². The molecule has 127 heavy (non-hydrogen) atoms. The maximum Gasteiger partial charge on any atom is 0.410 e. The number of aliphatic hydroxyl groups excluding tert-OH is 4. The minimum atomic E-state index is -0.411. The molecule has 0 bridgehead atoms. The Morgan fingerprint density at radius 2 is 0.740 bits per heavy atom. The molecule has 0 saturated carbocycles. The van der Waals surface area contributed by atoms with Gasteiger partial charge in [-0.25, -0.2) is 39.3 Å². The minimum absolute atomic E-state index is 0.0211. The molecule has 3 fully saturated rings. The molecule has 8 aromatic carbocycles. The van der Waals surface area contributed by atoms with E-state index in [9.17, 15) is 24.6 Å². The number of aromatic nitrogens is 6. The van der Waals surface area contributed by atoms with Crippen LogP contribution in [0.1, 0.15) is 64.2 Å². The van der Waals surface area contributed by atoms with Crippen LogP contribution in [0.15, 0.2) is 201 Å². The Morgan fingerprint density at radius 1 is 0.402 bits per heavy atom. The number of nitrogens with zero attached hydrogens (tertiary/aromatic N) is 18. The fourth-order valence-corrected chi connectivity index (χ4v) is 17.3. The van der Waals surface area contributed by atoms with Crippen LogP contribution >= 0.6 is 11.6 Å². The number of hydrogen-bond acceptors (Lipinski definition) is 23. The zero-order valence-electron chi connectivity index (χ0n) is 71.1. The summed E-state index contributed by atoms with van der Waals surface area (Å²) in [5.74, 6) is 2.26. The number of fused-ring (bicyclic) bond motifs is 6. The summed E-state index contributed by atoms with van der Waals surface area (Å²) in [5, 5.41) is 41.7. The molecule has 0 spiro atoms. The van der Waals surface area contributed by atoms with Crippen LogP contribution < -0.4 is 38.9 Å². The smallest absolute Gasteiger partial charge is 0.410 e. The summed E-state index contributed by atoms with van der Waals surface area (Å²) in [6.45, 7) is 36.8.